The van der Waals surface area contributed by atoms with Crippen LogP contribution in [-0.2, 0) is 11.2 Å². The number of alkyl halides is 1. The Balaban J connectivity index is 1.69. The fourth-order valence-corrected chi connectivity index (χ4v) is 2.63. The van der Waals surface area contributed by atoms with E-state index in [4.69, 9.17) is 21.1 Å². The number of carbonyl (C=O) groups excluding carboxylic acids is 1. The van der Waals surface area contributed by atoms with E-state index in [0.717, 1.165) is 29.3 Å². The van der Waals surface area contributed by atoms with E-state index in [-0.39, 0.29) is 11.8 Å². The zero-order valence-electron chi connectivity index (χ0n) is 12.8. The van der Waals surface area contributed by atoms with Crippen LogP contribution in [0.5, 0.6) is 11.5 Å². The maximum Gasteiger partial charge on any atom is 0.241 e. The van der Waals surface area contributed by atoms with Gasteiger partial charge in [0.15, 0.2) is 0 Å². The molecule has 1 aromatic carbocycles. The van der Waals surface area contributed by atoms with E-state index >= 15 is 0 Å². The summed E-state index contributed by atoms with van der Waals surface area (Å²) in [5, 5.41) is 11.8. The lowest BCUT2D eigenvalue weighted by Crippen LogP contribution is -2.12. The number of aryl methyl sites for hydroxylation is 1. The van der Waals surface area contributed by atoms with E-state index in [1.54, 1.807) is 0 Å². The first-order valence-electron chi connectivity index (χ1n) is 7.25. The number of nitrogens with one attached hydrogen (secondary N) is 1. The van der Waals surface area contributed by atoms with E-state index in [1.165, 1.54) is 11.3 Å². The molecule has 0 radical (unpaired) electrons. The third-order valence-electron chi connectivity index (χ3n) is 2.77. The van der Waals surface area contributed by atoms with E-state index in [0.29, 0.717) is 18.3 Å². The fourth-order valence-electron chi connectivity index (χ4n) is 1.77. The second-order valence-electron chi connectivity index (χ2n) is 4.54. The van der Waals surface area contributed by atoms with E-state index in [1.807, 2.05) is 31.2 Å². The van der Waals surface area contributed by atoms with Gasteiger partial charge in [0.1, 0.15) is 22.4 Å². The highest BCUT2D eigenvalue weighted by molar-refractivity contribution is 7.15. The van der Waals surface area contributed by atoms with Crippen molar-refractivity contribution in [1.29, 1.82) is 0 Å². The SMILES string of the molecule is CCOc1ccc(OCCCc2nnc(NC(=O)CCl)s2)cc1. The molecule has 2 rings (SSSR count). The second kappa shape index (κ2) is 9.32. The van der Waals surface area contributed by atoms with Crippen molar-refractivity contribution in [1.82, 2.24) is 10.2 Å². The molecule has 2 aromatic rings. The lowest BCUT2D eigenvalue weighted by molar-refractivity contribution is -0.113. The molecule has 0 fully saturated rings. The summed E-state index contributed by atoms with van der Waals surface area (Å²) in [4.78, 5) is 11.1. The highest BCUT2D eigenvalue weighted by atomic mass is 35.5. The van der Waals surface area contributed by atoms with Crippen LogP contribution in [0.3, 0.4) is 0 Å². The van der Waals surface area contributed by atoms with Gasteiger partial charge in [-0.2, -0.15) is 0 Å². The highest BCUT2D eigenvalue weighted by Crippen LogP contribution is 2.19. The molecule has 124 valence electrons. The molecular weight excluding hydrogens is 338 g/mol. The molecule has 1 aromatic heterocycles. The first-order valence-corrected chi connectivity index (χ1v) is 8.60. The number of rotatable bonds is 9. The number of carbonyl (C=O) groups is 1. The van der Waals surface area contributed by atoms with Crippen LogP contribution in [0, 0.1) is 0 Å². The Morgan fingerprint density at radius 2 is 1.91 bits per heavy atom. The first-order chi connectivity index (χ1) is 11.2. The summed E-state index contributed by atoms with van der Waals surface area (Å²) in [6.45, 7) is 3.18. The van der Waals surface area contributed by atoms with Crippen LogP contribution in [0.2, 0.25) is 0 Å². The Morgan fingerprint density at radius 3 is 2.57 bits per heavy atom. The minimum absolute atomic E-state index is 0.0924. The molecule has 1 amide bonds. The smallest absolute Gasteiger partial charge is 0.241 e. The van der Waals surface area contributed by atoms with Crippen molar-refractivity contribution in [2.24, 2.45) is 0 Å². The first kappa shape index (κ1) is 17.5. The zero-order valence-corrected chi connectivity index (χ0v) is 14.3. The molecule has 23 heavy (non-hydrogen) atoms. The predicted molar refractivity (Wildman–Crippen MR) is 90.7 cm³/mol. The summed E-state index contributed by atoms with van der Waals surface area (Å²) in [7, 11) is 0. The third-order valence-corrected chi connectivity index (χ3v) is 3.91. The van der Waals surface area contributed by atoms with Crippen molar-refractivity contribution < 1.29 is 14.3 Å². The van der Waals surface area contributed by atoms with Crippen molar-refractivity contribution in [3.05, 3.63) is 29.3 Å². The van der Waals surface area contributed by atoms with Gasteiger partial charge in [0.2, 0.25) is 11.0 Å². The molecule has 0 aliphatic carbocycles. The quantitative estimate of drug-likeness (QED) is 0.552. The Morgan fingerprint density at radius 1 is 1.22 bits per heavy atom. The molecule has 0 unspecified atom stereocenters. The van der Waals surface area contributed by atoms with Gasteiger partial charge in [-0.15, -0.1) is 21.8 Å². The summed E-state index contributed by atoms with van der Waals surface area (Å²) in [5.41, 5.74) is 0. The minimum atomic E-state index is -0.284. The molecule has 0 aliphatic rings. The van der Waals surface area contributed by atoms with Gasteiger partial charge in [-0.25, -0.2) is 0 Å². The summed E-state index contributed by atoms with van der Waals surface area (Å²) in [6, 6.07) is 7.54. The van der Waals surface area contributed by atoms with E-state index < -0.39 is 0 Å². The highest BCUT2D eigenvalue weighted by Gasteiger charge is 2.07. The number of nitrogens with zero attached hydrogens (tertiary/aromatic N) is 2. The van der Waals surface area contributed by atoms with Crippen LogP contribution in [0.4, 0.5) is 5.13 Å². The topological polar surface area (TPSA) is 73.3 Å². The number of hydrogen-bond donors (Lipinski definition) is 1. The van der Waals surface area contributed by atoms with E-state index in [9.17, 15) is 4.79 Å². The van der Waals surface area contributed by atoms with Crippen LogP contribution in [0.1, 0.15) is 18.4 Å². The van der Waals surface area contributed by atoms with Crippen molar-refractivity contribution >= 4 is 34.0 Å². The zero-order chi connectivity index (χ0) is 16.5. The van der Waals surface area contributed by atoms with Gasteiger partial charge in [-0.05, 0) is 37.6 Å². The lowest BCUT2D eigenvalue weighted by Gasteiger charge is -2.07. The predicted octanol–water partition coefficient (Wildman–Crippen LogP) is 3.13. The monoisotopic (exact) mass is 355 g/mol. The molecule has 0 spiro atoms. The van der Waals surface area contributed by atoms with Crippen molar-refractivity contribution in [2.45, 2.75) is 19.8 Å². The normalized spacial score (nSPS) is 10.3. The molecule has 0 atom stereocenters. The minimum Gasteiger partial charge on any atom is -0.494 e. The van der Waals surface area contributed by atoms with Gasteiger partial charge in [0.05, 0.1) is 13.2 Å². The number of halogens is 1. The standard InChI is InChI=1S/C15H18ClN3O3S/c1-2-21-11-5-7-12(8-6-11)22-9-3-4-14-18-19-15(23-14)17-13(20)10-16/h5-8H,2-4,9-10H2,1H3,(H,17,19,20). The maximum absolute atomic E-state index is 11.1. The largest absolute Gasteiger partial charge is 0.494 e. The number of aromatic nitrogens is 2. The van der Waals surface area contributed by atoms with Crippen LogP contribution in [0.25, 0.3) is 0 Å². The fraction of sp³-hybridized carbons (Fsp3) is 0.400. The van der Waals surface area contributed by atoms with Crippen molar-refractivity contribution in [3.8, 4) is 11.5 Å². The molecule has 0 bridgehead atoms. The summed E-state index contributed by atoms with van der Waals surface area (Å²) < 4.78 is 11.0. The van der Waals surface area contributed by atoms with Gasteiger partial charge in [-0.1, -0.05) is 11.3 Å². The van der Waals surface area contributed by atoms with Crippen LogP contribution in [-0.4, -0.2) is 35.2 Å². The molecule has 1 N–H and O–H groups in total. The Hall–Kier alpha value is -1.86. The lowest BCUT2D eigenvalue weighted by atomic mass is 10.3. The summed E-state index contributed by atoms with van der Waals surface area (Å²) in [5.74, 6) is 1.26. The number of anilines is 1. The maximum atomic E-state index is 11.1. The van der Waals surface area contributed by atoms with E-state index in [2.05, 4.69) is 15.5 Å². The second-order valence-corrected chi connectivity index (χ2v) is 5.87. The molecule has 1 heterocycles. The molecule has 8 heteroatoms. The van der Waals surface area contributed by atoms with Gasteiger partial charge >= 0.3 is 0 Å². The van der Waals surface area contributed by atoms with Crippen LogP contribution in [0.15, 0.2) is 24.3 Å². The molecule has 0 saturated heterocycles. The van der Waals surface area contributed by atoms with Gasteiger partial charge in [0, 0.05) is 6.42 Å². The summed E-state index contributed by atoms with van der Waals surface area (Å²) in [6.07, 6.45) is 1.55. The molecule has 6 nitrogen and oxygen atoms in total. The number of hydrogen-bond acceptors (Lipinski definition) is 6. The number of ether oxygens (including phenoxy) is 2. The molecule has 0 aliphatic heterocycles. The Kier molecular flexibility index (Phi) is 7.09. The molecular formula is C15H18ClN3O3S. The Labute approximate surface area is 143 Å². The average Bonchev–Trinajstić information content (AvgIpc) is 3.00. The number of amides is 1. The average molecular weight is 356 g/mol. The molecule has 0 saturated carbocycles. The van der Waals surface area contributed by atoms with Crippen LogP contribution >= 0.6 is 22.9 Å². The van der Waals surface area contributed by atoms with Crippen molar-refractivity contribution in [2.75, 3.05) is 24.4 Å². The van der Waals surface area contributed by atoms with Gasteiger partial charge in [0.25, 0.3) is 0 Å². The third kappa shape index (κ3) is 6.03. The Bertz CT molecular complexity index is 619. The van der Waals surface area contributed by atoms with Crippen molar-refractivity contribution in [3.63, 3.8) is 0 Å². The van der Waals surface area contributed by atoms with Gasteiger partial charge in [-0.3, -0.25) is 10.1 Å². The number of benzene rings is 1. The summed E-state index contributed by atoms with van der Waals surface area (Å²) >= 11 is 6.76. The van der Waals surface area contributed by atoms with Gasteiger partial charge < -0.3 is 9.47 Å². The van der Waals surface area contributed by atoms with Crippen LogP contribution < -0.4 is 14.8 Å².